The van der Waals surface area contributed by atoms with Crippen LogP contribution in [0.25, 0.3) is 0 Å². The molecule has 1 heterocycles. The summed E-state index contributed by atoms with van der Waals surface area (Å²) in [4.78, 5) is 6.56. The van der Waals surface area contributed by atoms with Gasteiger partial charge in [-0.25, -0.2) is 4.98 Å². The maximum Gasteiger partial charge on any atom is 0.278 e. The van der Waals surface area contributed by atoms with Crippen molar-refractivity contribution in [2.75, 3.05) is 18.4 Å². The summed E-state index contributed by atoms with van der Waals surface area (Å²) in [5.74, 6) is 1.54. The maximum absolute atomic E-state index is 12.2. The fourth-order valence-electron chi connectivity index (χ4n) is 1.75. The van der Waals surface area contributed by atoms with Crippen molar-refractivity contribution in [3.05, 3.63) is 30.2 Å². The minimum absolute atomic E-state index is 0.00813. The van der Waals surface area contributed by atoms with Crippen LogP contribution in [0.4, 0.5) is 5.69 Å². The Kier molecular flexibility index (Phi) is 4.37. The molecule has 0 aliphatic carbocycles. The lowest BCUT2D eigenvalue weighted by atomic mass is 10.3. The third-order valence-electron chi connectivity index (χ3n) is 2.68. The first-order valence-corrected chi connectivity index (χ1v) is 7.80. The van der Waals surface area contributed by atoms with Crippen LogP contribution in [0.15, 0.2) is 29.4 Å². The molecule has 0 saturated heterocycles. The monoisotopic (exact) mass is 311 g/mol. The fraction of sp³-hybridized carbons (Fsp3) is 0.308. The van der Waals surface area contributed by atoms with E-state index < -0.39 is 10.0 Å². The van der Waals surface area contributed by atoms with Crippen LogP contribution in [-0.2, 0) is 10.0 Å². The van der Waals surface area contributed by atoms with Crippen LogP contribution in [-0.4, -0.2) is 32.1 Å². The standard InChI is InChI=1S/C13H17N3O4S/c1-4-20-12-7-10(5-6-11(12)19-3)16-21(17,18)13-8-14-9(2)15-13/h5-8,16H,4H2,1-3H3,(H,14,15). The third kappa shape index (κ3) is 3.46. The van der Waals surface area contributed by atoms with Gasteiger partial charge in [0.05, 0.1) is 25.6 Å². The number of ether oxygens (including phenoxy) is 2. The van der Waals surface area contributed by atoms with Gasteiger partial charge in [-0.05, 0) is 26.0 Å². The van der Waals surface area contributed by atoms with E-state index in [0.29, 0.717) is 29.6 Å². The van der Waals surface area contributed by atoms with E-state index in [1.165, 1.54) is 13.3 Å². The number of sulfonamides is 1. The number of imidazole rings is 1. The smallest absolute Gasteiger partial charge is 0.278 e. The second-order valence-electron chi connectivity index (χ2n) is 4.24. The Morgan fingerprint density at radius 2 is 2.10 bits per heavy atom. The Labute approximate surface area is 123 Å². The van der Waals surface area contributed by atoms with Gasteiger partial charge >= 0.3 is 0 Å². The summed E-state index contributed by atoms with van der Waals surface area (Å²) in [6.45, 7) is 3.97. The average molecular weight is 311 g/mol. The number of nitrogens with one attached hydrogen (secondary N) is 2. The summed E-state index contributed by atoms with van der Waals surface area (Å²) in [6, 6.07) is 4.81. The maximum atomic E-state index is 12.2. The molecule has 0 bridgehead atoms. The number of H-pyrrole nitrogens is 1. The lowest BCUT2D eigenvalue weighted by molar-refractivity contribution is 0.311. The van der Waals surface area contributed by atoms with Crippen molar-refractivity contribution in [1.82, 2.24) is 9.97 Å². The normalized spacial score (nSPS) is 11.2. The Balaban J connectivity index is 2.29. The van der Waals surface area contributed by atoms with Crippen molar-refractivity contribution in [3.63, 3.8) is 0 Å². The predicted octanol–water partition coefficient (Wildman–Crippen LogP) is 1.93. The van der Waals surface area contributed by atoms with Gasteiger partial charge < -0.3 is 14.5 Å². The number of methoxy groups -OCH3 is 1. The molecule has 8 heteroatoms. The van der Waals surface area contributed by atoms with Gasteiger partial charge in [-0.3, -0.25) is 4.72 Å². The first kappa shape index (κ1) is 15.2. The van der Waals surface area contributed by atoms with E-state index in [-0.39, 0.29) is 5.03 Å². The summed E-state index contributed by atoms with van der Waals surface area (Å²) in [7, 11) is -2.19. The highest BCUT2D eigenvalue weighted by molar-refractivity contribution is 7.92. The molecule has 0 radical (unpaired) electrons. The van der Waals surface area contributed by atoms with Gasteiger partial charge in [0, 0.05) is 6.07 Å². The summed E-state index contributed by atoms with van der Waals surface area (Å²) in [6.07, 6.45) is 1.27. The number of hydrogen-bond donors (Lipinski definition) is 2. The summed E-state index contributed by atoms with van der Waals surface area (Å²) in [5.41, 5.74) is 0.381. The van der Waals surface area contributed by atoms with Crippen molar-refractivity contribution < 1.29 is 17.9 Å². The molecule has 0 fully saturated rings. The summed E-state index contributed by atoms with van der Waals surface area (Å²) >= 11 is 0. The quantitative estimate of drug-likeness (QED) is 0.850. The molecular formula is C13H17N3O4S. The zero-order valence-corrected chi connectivity index (χ0v) is 12.8. The van der Waals surface area contributed by atoms with Crippen molar-refractivity contribution in [2.24, 2.45) is 0 Å². The Hall–Kier alpha value is -2.22. The van der Waals surface area contributed by atoms with Gasteiger partial charge in [-0.1, -0.05) is 0 Å². The Morgan fingerprint density at radius 1 is 1.33 bits per heavy atom. The zero-order chi connectivity index (χ0) is 15.5. The van der Waals surface area contributed by atoms with E-state index >= 15 is 0 Å². The van der Waals surface area contributed by atoms with Crippen molar-refractivity contribution >= 4 is 15.7 Å². The molecule has 0 unspecified atom stereocenters. The molecule has 21 heavy (non-hydrogen) atoms. The number of aromatic nitrogens is 2. The van der Waals surface area contributed by atoms with Crippen LogP contribution in [0.5, 0.6) is 11.5 Å². The van der Waals surface area contributed by atoms with Crippen LogP contribution in [0.3, 0.4) is 0 Å². The molecule has 0 spiro atoms. The van der Waals surface area contributed by atoms with Crippen LogP contribution in [0.2, 0.25) is 0 Å². The summed E-state index contributed by atoms with van der Waals surface area (Å²) in [5, 5.41) is 0.00813. The molecule has 2 aromatic rings. The highest BCUT2D eigenvalue weighted by Gasteiger charge is 2.17. The average Bonchev–Trinajstić information content (AvgIpc) is 2.87. The minimum Gasteiger partial charge on any atom is -0.493 e. The SMILES string of the molecule is CCOc1cc(NS(=O)(=O)c2cnc(C)[nH]2)ccc1OC. The number of hydrogen-bond acceptors (Lipinski definition) is 5. The fourth-order valence-corrected chi connectivity index (χ4v) is 2.77. The molecule has 1 aromatic carbocycles. The zero-order valence-electron chi connectivity index (χ0n) is 12.0. The molecule has 114 valence electrons. The van der Waals surface area contributed by atoms with Crippen LogP contribution in [0.1, 0.15) is 12.7 Å². The van der Waals surface area contributed by atoms with Crippen LogP contribution >= 0.6 is 0 Å². The van der Waals surface area contributed by atoms with E-state index in [1.807, 2.05) is 6.92 Å². The molecule has 0 amide bonds. The highest BCUT2D eigenvalue weighted by atomic mass is 32.2. The second kappa shape index (κ2) is 6.04. The largest absolute Gasteiger partial charge is 0.493 e. The third-order valence-corrected chi connectivity index (χ3v) is 3.98. The molecular weight excluding hydrogens is 294 g/mol. The van der Waals surface area contributed by atoms with E-state index in [9.17, 15) is 8.42 Å². The molecule has 2 N–H and O–H groups in total. The van der Waals surface area contributed by atoms with Gasteiger partial charge in [0.25, 0.3) is 10.0 Å². The molecule has 0 saturated carbocycles. The molecule has 0 atom stereocenters. The van der Waals surface area contributed by atoms with E-state index in [1.54, 1.807) is 25.1 Å². The van der Waals surface area contributed by atoms with E-state index in [2.05, 4.69) is 14.7 Å². The van der Waals surface area contributed by atoms with Crippen molar-refractivity contribution in [3.8, 4) is 11.5 Å². The topological polar surface area (TPSA) is 93.3 Å². The van der Waals surface area contributed by atoms with Crippen LogP contribution in [0, 0.1) is 6.92 Å². The van der Waals surface area contributed by atoms with Crippen LogP contribution < -0.4 is 14.2 Å². The molecule has 1 aromatic heterocycles. The molecule has 7 nitrogen and oxygen atoms in total. The van der Waals surface area contributed by atoms with Gasteiger partial charge in [0.2, 0.25) is 0 Å². The summed E-state index contributed by atoms with van der Waals surface area (Å²) < 4.78 is 37.4. The predicted molar refractivity (Wildman–Crippen MR) is 78.3 cm³/mol. The van der Waals surface area contributed by atoms with Gasteiger partial charge in [-0.2, -0.15) is 8.42 Å². The van der Waals surface area contributed by atoms with Crippen molar-refractivity contribution in [1.29, 1.82) is 0 Å². The number of nitrogens with zero attached hydrogens (tertiary/aromatic N) is 1. The molecule has 0 aliphatic heterocycles. The number of rotatable bonds is 6. The number of aryl methyl sites for hydroxylation is 1. The number of benzene rings is 1. The lowest BCUT2D eigenvalue weighted by Crippen LogP contribution is -2.13. The first-order chi connectivity index (χ1) is 9.96. The van der Waals surface area contributed by atoms with Crippen molar-refractivity contribution in [2.45, 2.75) is 18.9 Å². The van der Waals surface area contributed by atoms with Gasteiger partial charge in [0.15, 0.2) is 16.5 Å². The number of aromatic amines is 1. The molecule has 0 aliphatic rings. The number of anilines is 1. The van der Waals surface area contributed by atoms with E-state index in [0.717, 1.165) is 0 Å². The Bertz CT molecular complexity index is 725. The first-order valence-electron chi connectivity index (χ1n) is 6.31. The minimum atomic E-state index is -3.71. The Morgan fingerprint density at radius 3 is 2.67 bits per heavy atom. The lowest BCUT2D eigenvalue weighted by Gasteiger charge is -2.12. The van der Waals surface area contributed by atoms with E-state index in [4.69, 9.17) is 9.47 Å². The van der Waals surface area contributed by atoms with Gasteiger partial charge in [-0.15, -0.1) is 0 Å². The highest BCUT2D eigenvalue weighted by Crippen LogP contribution is 2.31. The second-order valence-corrected chi connectivity index (χ2v) is 5.89. The van der Waals surface area contributed by atoms with Gasteiger partial charge in [0.1, 0.15) is 5.82 Å². The molecule has 2 rings (SSSR count).